The van der Waals surface area contributed by atoms with Crippen molar-refractivity contribution in [2.75, 3.05) is 25.1 Å². The molecule has 1 aromatic heterocycles. The third kappa shape index (κ3) is 2.86. The quantitative estimate of drug-likeness (QED) is 0.811. The van der Waals surface area contributed by atoms with Gasteiger partial charge < -0.3 is 14.5 Å². The highest BCUT2D eigenvalue weighted by molar-refractivity contribution is 5.62. The number of aromatic nitrogens is 2. The van der Waals surface area contributed by atoms with Crippen LogP contribution in [-0.4, -0.2) is 36.3 Å². The molecule has 3 rings (SSSR count). The van der Waals surface area contributed by atoms with Crippen molar-refractivity contribution in [2.45, 2.75) is 12.5 Å². The van der Waals surface area contributed by atoms with Crippen LogP contribution in [0.25, 0.3) is 16.2 Å². The molecule has 106 valence electrons. The van der Waals surface area contributed by atoms with E-state index in [-0.39, 0.29) is 6.10 Å². The molecule has 1 saturated heterocycles. The number of ether oxygens (including phenoxy) is 1. The van der Waals surface area contributed by atoms with Gasteiger partial charge in [0, 0.05) is 31.8 Å². The van der Waals surface area contributed by atoms with Gasteiger partial charge in [0.15, 0.2) is 0 Å². The summed E-state index contributed by atoms with van der Waals surface area (Å²) in [6.45, 7) is 8.93. The van der Waals surface area contributed by atoms with Crippen molar-refractivity contribution in [3.8, 4) is 11.4 Å². The fourth-order valence-electron chi connectivity index (χ4n) is 2.49. The van der Waals surface area contributed by atoms with Crippen molar-refractivity contribution < 1.29 is 4.74 Å². The maximum atomic E-state index is 7.24. The van der Waals surface area contributed by atoms with Crippen LogP contribution in [0.4, 0.5) is 11.6 Å². The number of hydrogen-bond acceptors (Lipinski definition) is 4. The van der Waals surface area contributed by atoms with E-state index in [9.17, 15) is 0 Å². The first-order valence-corrected chi connectivity index (χ1v) is 6.90. The van der Waals surface area contributed by atoms with Crippen LogP contribution in [0.2, 0.25) is 0 Å². The third-order valence-corrected chi connectivity index (χ3v) is 3.65. The lowest BCUT2D eigenvalue weighted by molar-refractivity contribution is 0.121. The first kappa shape index (κ1) is 13.5. The SMILES string of the molecule is [C-]#[N+]c1cc(N2CC[C@H](OC)C2)nc(-c2ccccc2)n1. The number of nitrogens with zero attached hydrogens (tertiary/aromatic N) is 4. The maximum Gasteiger partial charge on any atom is 0.275 e. The number of benzene rings is 1. The highest BCUT2D eigenvalue weighted by atomic mass is 16.5. The Kier molecular flexibility index (Phi) is 3.80. The van der Waals surface area contributed by atoms with Gasteiger partial charge in [-0.15, -0.1) is 0 Å². The van der Waals surface area contributed by atoms with Gasteiger partial charge in [-0.05, 0) is 18.6 Å². The van der Waals surface area contributed by atoms with E-state index in [1.807, 2.05) is 30.3 Å². The molecule has 1 aliphatic rings. The fraction of sp³-hybridized carbons (Fsp3) is 0.312. The van der Waals surface area contributed by atoms with E-state index in [1.165, 1.54) is 0 Å². The normalized spacial score (nSPS) is 17.7. The second-order valence-electron chi connectivity index (χ2n) is 4.98. The number of hydrogen-bond donors (Lipinski definition) is 0. The summed E-state index contributed by atoms with van der Waals surface area (Å²) in [5.74, 6) is 1.77. The standard InChI is InChI=1S/C16H16N4O/c1-17-14-10-15(20-9-8-13(11-20)21-2)19-16(18-14)12-6-4-3-5-7-12/h3-7,10,13H,8-9,11H2,2H3/t13-/m0/s1. The molecule has 0 radical (unpaired) electrons. The molecule has 0 aliphatic carbocycles. The summed E-state index contributed by atoms with van der Waals surface area (Å²) in [6, 6.07) is 11.5. The highest BCUT2D eigenvalue weighted by Gasteiger charge is 2.24. The minimum Gasteiger partial charge on any atom is -0.380 e. The monoisotopic (exact) mass is 280 g/mol. The number of anilines is 1. The van der Waals surface area contributed by atoms with Crippen LogP contribution in [0, 0.1) is 6.57 Å². The van der Waals surface area contributed by atoms with E-state index in [0.29, 0.717) is 11.6 Å². The Labute approximate surface area is 124 Å². The van der Waals surface area contributed by atoms with Crippen molar-refractivity contribution in [3.63, 3.8) is 0 Å². The summed E-state index contributed by atoms with van der Waals surface area (Å²) < 4.78 is 5.39. The molecular formula is C16H16N4O. The molecule has 0 spiro atoms. The van der Waals surface area contributed by atoms with E-state index in [4.69, 9.17) is 11.3 Å². The molecule has 1 aliphatic heterocycles. The molecule has 1 aromatic carbocycles. The zero-order chi connectivity index (χ0) is 14.7. The number of methoxy groups -OCH3 is 1. The van der Waals surface area contributed by atoms with Crippen LogP contribution in [0.1, 0.15) is 6.42 Å². The lowest BCUT2D eigenvalue weighted by atomic mass is 10.2. The van der Waals surface area contributed by atoms with E-state index in [0.717, 1.165) is 30.9 Å². The van der Waals surface area contributed by atoms with Gasteiger partial charge in [-0.2, -0.15) is 4.98 Å². The van der Waals surface area contributed by atoms with E-state index >= 15 is 0 Å². The van der Waals surface area contributed by atoms with Gasteiger partial charge >= 0.3 is 0 Å². The zero-order valence-electron chi connectivity index (χ0n) is 11.9. The molecule has 0 unspecified atom stereocenters. The predicted molar refractivity (Wildman–Crippen MR) is 81.4 cm³/mol. The van der Waals surface area contributed by atoms with E-state index in [1.54, 1.807) is 13.2 Å². The highest BCUT2D eigenvalue weighted by Crippen LogP contribution is 2.26. The lowest BCUT2D eigenvalue weighted by Crippen LogP contribution is -2.23. The Balaban J connectivity index is 1.97. The van der Waals surface area contributed by atoms with Crippen molar-refractivity contribution >= 4 is 11.6 Å². The van der Waals surface area contributed by atoms with Crippen molar-refractivity contribution in [2.24, 2.45) is 0 Å². The molecule has 5 nitrogen and oxygen atoms in total. The second-order valence-corrected chi connectivity index (χ2v) is 4.98. The topological polar surface area (TPSA) is 42.6 Å². The van der Waals surface area contributed by atoms with Crippen LogP contribution in [-0.2, 0) is 4.74 Å². The smallest absolute Gasteiger partial charge is 0.275 e. The largest absolute Gasteiger partial charge is 0.380 e. The van der Waals surface area contributed by atoms with Crippen molar-refractivity contribution in [1.82, 2.24) is 9.97 Å². The minimum absolute atomic E-state index is 0.233. The molecule has 1 fully saturated rings. The van der Waals surface area contributed by atoms with Crippen molar-refractivity contribution in [3.05, 3.63) is 47.8 Å². The summed E-state index contributed by atoms with van der Waals surface area (Å²) in [5.41, 5.74) is 0.923. The first-order chi connectivity index (χ1) is 10.3. The summed E-state index contributed by atoms with van der Waals surface area (Å²) in [5, 5.41) is 0. The van der Waals surface area contributed by atoms with Gasteiger partial charge in [0.2, 0.25) is 0 Å². The van der Waals surface area contributed by atoms with Crippen LogP contribution < -0.4 is 4.90 Å². The van der Waals surface area contributed by atoms with E-state index < -0.39 is 0 Å². The average Bonchev–Trinajstić information content (AvgIpc) is 3.04. The zero-order valence-corrected chi connectivity index (χ0v) is 11.9. The Hall–Kier alpha value is -2.45. The molecule has 0 N–H and O–H groups in total. The molecular weight excluding hydrogens is 264 g/mol. The molecule has 0 amide bonds. The molecule has 0 saturated carbocycles. The van der Waals surface area contributed by atoms with Crippen LogP contribution in [0.15, 0.2) is 36.4 Å². The summed E-state index contributed by atoms with van der Waals surface area (Å²) >= 11 is 0. The van der Waals surface area contributed by atoms with Gasteiger partial charge in [0.1, 0.15) is 5.82 Å². The predicted octanol–water partition coefficient (Wildman–Crippen LogP) is 2.92. The Morgan fingerprint density at radius 2 is 2.10 bits per heavy atom. The van der Waals surface area contributed by atoms with Gasteiger partial charge in [-0.3, -0.25) is 0 Å². The molecule has 2 aromatic rings. The van der Waals surface area contributed by atoms with Crippen LogP contribution >= 0.6 is 0 Å². The third-order valence-electron chi connectivity index (χ3n) is 3.65. The molecule has 0 bridgehead atoms. The average molecular weight is 280 g/mol. The first-order valence-electron chi connectivity index (χ1n) is 6.90. The summed E-state index contributed by atoms with van der Waals surface area (Å²) in [4.78, 5) is 14.5. The maximum absolute atomic E-state index is 7.24. The van der Waals surface area contributed by atoms with Crippen LogP contribution in [0.3, 0.4) is 0 Å². The summed E-state index contributed by atoms with van der Waals surface area (Å²) in [7, 11) is 1.73. The molecule has 1 atom stereocenters. The van der Waals surface area contributed by atoms with Gasteiger partial charge in [0.05, 0.1) is 6.10 Å². The van der Waals surface area contributed by atoms with Crippen molar-refractivity contribution in [1.29, 1.82) is 0 Å². The van der Waals surface area contributed by atoms with Gasteiger partial charge in [-0.1, -0.05) is 29.8 Å². The van der Waals surface area contributed by atoms with E-state index in [2.05, 4.69) is 19.7 Å². The van der Waals surface area contributed by atoms with Crippen LogP contribution in [0.5, 0.6) is 0 Å². The Morgan fingerprint density at radius 3 is 2.76 bits per heavy atom. The lowest BCUT2D eigenvalue weighted by Gasteiger charge is -2.17. The minimum atomic E-state index is 0.233. The number of rotatable bonds is 3. The Bertz CT molecular complexity index is 666. The van der Waals surface area contributed by atoms with Gasteiger partial charge in [-0.25, -0.2) is 0 Å². The fourth-order valence-corrected chi connectivity index (χ4v) is 2.49. The molecule has 21 heavy (non-hydrogen) atoms. The molecule has 5 heteroatoms. The second kappa shape index (κ2) is 5.90. The summed E-state index contributed by atoms with van der Waals surface area (Å²) in [6.07, 6.45) is 1.21. The Morgan fingerprint density at radius 1 is 1.29 bits per heavy atom. The van der Waals surface area contributed by atoms with Gasteiger partial charge in [0.25, 0.3) is 11.6 Å². The molecule has 2 heterocycles.